The summed E-state index contributed by atoms with van der Waals surface area (Å²) in [4.78, 5) is 11.9. The van der Waals surface area contributed by atoms with Gasteiger partial charge in [0.25, 0.3) is 5.91 Å². The van der Waals surface area contributed by atoms with E-state index in [2.05, 4.69) is 15.5 Å². The second-order valence-electron chi connectivity index (χ2n) is 5.16. The Morgan fingerprint density at radius 3 is 2.78 bits per heavy atom. The van der Waals surface area contributed by atoms with E-state index in [0.29, 0.717) is 5.56 Å². The number of hydrogen-bond acceptors (Lipinski definition) is 3. The Labute approximate surface area is 108 Å². The first-order chi connectivity index (χ1) is 8.68. The average Bonchev–Trinajstić information content (AvgIpc) is 2.70. The Morgan fingerprint density at radius 1 is 1.44 bits per heavy atom. The van der Waals surface area contributed by atoms with Gasteiger partial charge in [0.15, 0.2) is 5.82 Å². The van der Waals surface area contributed by atoms with Gasteiger partial charge < -0.3 is 11.1 Å². The molecule has 18 heavy (non-hydrogen) atoms. The standard InChI is InChI=1S/C13H22N4O/c1-9-11(12(14)17-16-9)13(18)15-8-7-10-5-3-2-4-6-10/h10H,2-8H2,1H3,(H,15,18)(H3,14,16,17). The van der Waals surface area contributed by atoms with Gasteiger partial charge in [-0.3, -0.25) is 9.89 Å². The van der Waals surface area contributed by atoms with Gasteiger partial charge in [-0.2, -0.15) is 5.10 Å². The summed E-state index contributed by atoms with van der Waals surface area (Å²) in [5, 5.41) is 9.48. The van der Waals surface area contributed by atoms with Crippen LogP contribution in [-0.2, 0) is 0 Å². The van der Waals surface area contributed by atoms with Crippen molar-refractivity contribution in [2.24, 2.45) is 5.92 Å². The van der Waals surface area contributed by atoms with E-state index in [9.17, 15) is 4.79 Å². The molecule has 1 amide bonds. The lowest BCUT2D eigenvalue weighted by Crippen LogP contribution is -2.27. The van der Waals surface area contributed by atoms with Gasteiger partial charge in [-0.1, -0.05) is 32.1 Å². The minimum atomic E-state index is -0.116. The lowest BCUT2D eigenvalue weighted by molar-refractivity contribution is 0.0950. The van der Waals surface area contributed by atoms with Crippen LogP contribution in [-0.4, -0.2) is 22.6 Å². The summed E-state index contributed by atoms with van der Waals surface area (Å²) in [6, 6.07) is 0. The van der Waals surface area contributed by atoms with E-state index in [1.807, 2.05) is 0 Å². The molecule has 4 N–H and O–H groups in total. The first kappa shape index (κ1) is 12.9. The second kappa shape index (κ2) is 5.89. The van der Waals surface area contributed by atoms with Crippen LogP contribution in [0.2, 0.25) is 0 Å². The van der Waals surface area contributed by atoms with Crippen molar-refractivity contribution in [1.29, 1.82) is 0 Å². The van der Waals surface area contributed by atoms with E-state index in [1.165, 1.54) is 32.1 Å². The largest absolute Gasteiger partial charge is 0.382 e. The molecular weight excluding hydrogens is 228 g/mol. The molecule has 1 heterocycles. The number of carbonyl (C=O) groups is 1. The first-order valence-electron chi connectivity index (χ1n) is 6.77. The molecule has 0 aliphatic heterocycles. The SMILES string of the molecule is Cc1[nH]nc(N)c1C(=O)NCCC1CCCCC1. The molecule has 0 unspecified atom stereocenters. The van der Waals surface area contributed by atoms with E-state index < -0.39 is 0 Å². The van der Waals surface area contributed by atoms with Crippen molar-refractivity contribution in [2.75, 3.05) is 12.3 Å². The van der Waals surface area contributed by atoms with E-state index in [0.717, 1.165) is 24.6 Å². The van der Waals surface area contributed by atoms with Gasteiger partial charge in [-0.25, -0.2) is 0 Å². The van der Waals surface area contributed by atoms with Crippen molar-refractivity contribution in [1.82, 2.24) is 15.5 Å². The third kappa shape index (κ3) is 3.03. The highest BCUT2D eigenvalue weighted by Gasteiger charge is 2.17. The van der Waals surface area contributed by atoms with Gasteiger partial charge >= 0.3 is 0 Å². The highest BCUT2D eigenvalue weighted by molar-refractivity contribution is 5.99. The number of nitrogen functional groups attached to an aromatic ring is 1. The molecule has 1 aliphatic carbocycles. The van der Waals surface area contributed by atoms with E-state index >= 15 is 0 Å². The molecule has 1 fully saturated rings. The van der Waals surface area contributed by atoms with Gasteiger partial charge in [-0.05, 0) is 19.3 Å². The summed E-state index contributed by atoms with van der Waals surface area (Å²) in [6.45, 7) is 2.53. The molecule has 0 atom stereocenters. The number of H-pyrrole nitrogens is 1. The number of hydrogen-bond donors (Lipinski definition) is 3. The molecule has 0 saturated heterocycles. The van der Waals surface area contributed by atoms with Crippen LogP contribution >= 0.6 is 0 Å². The number of rotatable bonds is 4. The summed E-state index contributed by atoms with van der Waals surface area (Å²) < 4.78 is 0. The molecule has 0 spiro atoms. The number of amides is 1. The number of aromatic amines is 1. The lowest BCUT2D eigenvalue weighted by atomic mass is 9.87. The molecule has 0 radical (unpaired) electrons. The van der Waals surface area contributed by atoms with Gasteiger partial charge in [-0.15, -0.1) is 0 Å². The number of aryl methyl sites for hydroxylation is 1. The zero-order valence-electron chi connectivity index (χ0n) is 11.0. The summed E-state index contributed by atoms with van der Waals surface area (Å²) >= 11 is 0. The highest BCUT2D eigenvalue weighted by atomic mass is 16.1. The minimum absolute atomic E-state index is 0.116. The Bertz CT molecular complexity index is 388. The second-order valence-corrected chi connectivity index (χ2v) is 5.16. The smallest absolute Gasteiger partial charge is 0.256 e. The molecule has 1 saturated carbocycles. The summed E-state index contributed by atoms with van der Waals surface area (Å²) in [6.07, 6.45) is 7.74. The zero-order chi connectivity index (χ0) is 13.0. The van der Waals surface area contributed by atoms with Crippen LogP contribution in [0.4, 0.5) is 5.82 Å². The average molecular weight is 250 g/mol. The maximum atomic E-state index is 11.9. The van der Waals surface area contributed by atoms with E-state index in [-0.39, 0.29) is 11.7 Å². The number of nitrogens with zero attached hydrogens (tertiary/aromatic N) is 1. The van der Waals surface area contributed by atoms with Crippen LogP contribution in [0, 0.1) is 12.8 Å². The number of anilines is 1. The minimum Gasteiger partial charge on any atom is -0.382 e. The number of nitrogens with one attached hydrogen (secondary N) is 2. The van der Waals surface area contributed by atoms with Gasteiger partial charge in [0, 0.05) is 12.2 Å². The van der Waals surface area contributed by atoms with Crippen molar-refractivity contribution in [3.63, 3.8) is 0 Å². The summed E-state index contributed by atoms with van der Waals surface area (Å²) in [5.74, 6) is 0.944. The predicted octanol–water partition coefficient (Wildman–Crippen LogP) is 2.00. The molecule has 5 heteroatoms. The Balaban J connectivity index is 1.78. The maximum Gasteiger partial charge on any atom is 0.256 e. The fraction of sp³-hybridized carbons (Fsp3) is 0.692. The monoisotopic (exact) mass is 250 g/mol. The Hall–Kier alpha value is -1.52. The normalized spacial score (nSPS) is 16.7. The van der Waals surface area contributed by atoms with Gasteiger partial charge in [0.2, 0.25) is 0 Å². The summed E-state index contributed by atoms with van der Waals surface area (Å²) in [5.41, 5.74) is 6.86. The van der Waals surface area contributed by atoms with Crippen molar-refractivity contribution < 1.29 is 4.79 Å². The molecule has 2 rings (SSSR count). The van der Waals surface area contributed by atoms with Crippen LogP contribution < -0.4 is 11.1 Å². The van der Waals surface area contributed by atoms with Crippen LogP contribution in [0.3, 0.4) is 0 Å². The van der Waals surface area contributed by atoms with Gasteiger partial charge in [0.05, 0.1) is 0 Å². The van der Waals surface area contributed by atoms with Crippen LogP contribution in [0.15, 0.2) is 0 Å². The third-order valence-corrected chi connectivity index (χ3v) is 3.77. The molecule has 1 aliphatic rings. The quantitative estimate of drug-likeness (QED) is 0.764. The fourth-order valence-corrected chi connectivity index (χ4v) is 2.69. The first-order valence-corrected chi connectivity index (χ1v) is 6.77. The molecule has 0 aromatic carbocycles. The maximum absolute atomic E-state index is 11.9. The molecule has 0 bridgehead atoms. The number of carbonyl (C=O) groups excluding carboxylic acids is 1. The Kier molecular flexibility index (Phi) is 4.23. The van der Waals surface area contributed by atoms with Crippen LogP contribution in [0.1, 0.15) is 54.6 Å². The van der Waals surface area contributed by atoms with Crippen molar-refractivity contribution in [3.8, 4) is 0 Å². The predicted molar refractivity (Wildman–Crippen MR) is 71.3 cm³/mol. The van der Waals surface area contributed by atoms with Crippen molar-refractivity contribution >= 4 is 11.7 Å². The third-order valence-electron chi connectivity index (χ3n) is 3.77. The van der Waals surface area contributed by atoms with Crippen LogP contribution in [0.25, 0.3) is 0 Å². The van der Waals surface area contributed by atoms with E-state index in [4.69, 9.17) is 5.73 Å². The van der Waals surface area contributed by atoms with Crippen molar-refractivity contribution in [3.05, 3.63) is 11.3 Å². The van der Waals surface area contributed by atoms with E-state index in [1.54, 1.807) is 6.92 Å². The number of aromatic nitrogens is 2. The van der Waals surface area contributed by atoms with Crippen molar-refractivity contribution in [2.45, 2.75) is 45.4 Å². The van der Waals surface area contributed by atoms with Gasteiger partial charge in [0.1, 0.15) is 5.56 Å². The molecule has 5 nitrogen and oxygen atoms in total. The number of nitrogens with two attached hydrogens (primary N) is 1. The topological polar surface area (TPSA) is 83.8 Å². The summed E-state index contributed by atoms with van der Waals surface area (Å²) in [7, 11) is 0. The molecular formula is C13H22N4O. The highest BCUT2D eigenvalue weighted by Crippen LogP contribution is 2.25. The molecule has 1 aromatic heterocycles. The fourth-order valence-electron chi connectivity index (χ4n) is 2.69. The lowest BCUT2D eigenvalue weighted by Gasteiger charge is -2.21. The van der Waals surface area contributed by atoms with Crippen LogP contribution in [0.5, 0.6) is 0 Å². The molecule has 1 aromatic rings. The zero-order valence-corrected chi connectivity index (χ0v) is 11.0. The molecule has 100 valence electrons. The Morgan fingerprint density at radius 2 is 2.17 bits per heavy atom.